The van der Waals surface area contributed by atoms with Crippen LogP contribution in [0, 0.1) is 0 Å². The normalized spacial score (nSPS) is 16.6. The summed E-state index contributed by atoms with van der Waals surface area (Å²) in [7, 11) is 1.79. The summed E-state index contributed by atoms with van der Waals surface area (Å²) in [4.78, 5) is 10.1. The Bertz CT molecular complexity index is 689. The van der Waals surface area contributed by atoms with Gasteiger partial charge in [0.1, 0.15) is 10.8 Å². The van der Waals surface area contributed by atoms with E-state index in [4.69, 9.17) is 4.74 Å². The summed E-state index contributed by atoms with van der Waals surface area (Å²) in [6.07, 6.45) is 3.91. The molecule has 3 rings (SSSR count). The van der Waals surface area contributed by atoms with Gasteiger partial charge in [0.05, 0.1) is 19.2 Å². The molecule has 0 amide bonds. The van der Waals surface area contributed by atoms with E-state index in [0.29, 0.717) is 6.54 Å². The van der Waals surface area contributed by atoms with Crippen LogP contribution in [0.3, 0.4) is 0 Å². The van der Waals surface area contributed by atoms with Gasteiger partial charge in [0.15, 0.2) is 5.96 Å². The number of guanidine groups is 1. The molecule has 0 saturated carbocycles. The number of aromatic nitrogens is 1. The zero-order valence-corrected chi connectivity index (χ0v) is 17.1. The van der Waals surface area contributed by atoms with Crippen LogP contribution < -0.4 is 15.4 Å². The predicted octanol–water partition coefficient (Wildman–Crippen LogP) is 3.51. The maximum Gasteiger partial charge on any atom is 0.191 e. The van der Waals surface area contributed by atoms with Gasteiger partial charge < -0.3 is 15.4 Å². The van der Waals surface area contributed by atoms with E-state index in [9.17, 15) is 0 Å². The third-order valence-electron chi connectivity index (χ3n) is 3.85. The van der Waals surface area contributed by atoms with Crippen molar-refractivity contribution in [3.63, 3.8) is 0 Å². The molecule has 130 valence electrons. The van der Waals surface area contributed by atoms with Crippen LogP contribution in [-0.2, 0) is 13.0 Å². The first kappa shape index (κ1) is 19.0. The van der Waals surface area contributed by atoms with Gasteiger partial charge >= 0.3 is 0 Å². The second-order valence-electron chi connectivity index (χ2n) is 5.37. The molecule has 2 aromatic rings. The quantitative estimate of drug-likeness (QED) is 0.418. The first-order valence-electron chi connectivity index (χ1n) is 7.92. The van der Waals surface area contributed by atoms with Crippen molar-refractivity contribution in [2.45, 2.75) is 32.4 Å². The van der Waals surface area contributed by atoms with Crippen LogP contribution in [0.5, 0.6) is 5.75 Å². The molecular formula is C17H23IN4OS. The fourth-order valence-electron chi connectivity index (χ4n) is 2.60. The fourth-order valence-corrected chi connectivity index (χ4v) is 3.41. The number of thiazole rings is 1. The van der Waals surface area contributed by atoms with Crippen LogP contribution in [0.1, 0.15) is 34.8 Å². The number of halogens is 1. The standard InChI is InChI=1S/C17H22N4OS.HI/c1-3-12-10-19-16(23-12)11-20-17(18-2)21-14-8-9-22-15-7-5-4-6-13(14)15;/h4-7,10,14H,3,8-9,11H2,1-2H3,(H2,18,20,21);1H. The number of hydrogen-bond acceptors (Lipinski definition) is 4. The number of ether oxygens (including phenoxy) is 1. The molecule has 7 heteroatoms. The Morgan fingerprint density at radius 2 is 2.25 bits per heavy atom. The Hall–Kier alpha value is -1.35. The molecule has 1 unspecified atom stereocenters. The van der Waals surface area contributed by atoms with Crippen molar-refractivity contribution < 1.29 is 4.74 Å². The van der Waals surface area contributed by atoms with Gasteiger partial charge in [0.2, 0.25) is 0 Å². The summed E-state index contributed by atoms with van der Waals surface area (Å²) in [5.41, 5.74) is 1.18. The van der Waals surface area contributed by atoms with Crippen molar-refractivity contribution in [2.24, 2.45) is 4.99 Å². The van der Waals surface area contributed by atoms with Gasteiger partial charge in [0, 0.05) is 30.1 Å². The van der Waals surface area contributed by atoms with Gasteiger partial charge in [-0.05, 0) is 12.5 Å². The van der Waals surface area contributed by atoms with Crippen molar-refractivity contribution in [3.8, 4) is 5.75 Å². The molecule has 1 aromatic heterocycles. The van der Waals surface area contributed by atoms with E-state index in [1.165, 1.54) is 10.4 Å². The highest BCUT2D eigenvalue weighted by atomic mass is 127. The number of fused-ring (bicyclic) bond motifs is 1. The minimum absolute atomic E-state index is 0. The summed E-state index contributed by atoms with van der Waals surface area (Å²) in [5.74, 6) is 1.75. The summed E-state index contributed by atoms with van der Waals surface area (Å²) in [5, 5.41) is 7.92. The van der Waals surface area contributed by atoms with Crippen LogP contribution in [-0.4, -0.2) is 24.6 Å². The lowest BCUT2D eigenvalue weighted by Crippen LogP contribution is -2.40. The van der Waals surface area contributed by atoms with E-state index >= 15 is 0 Å². The Morgan fingerprint density at radius 1 is 1.42 bits per heavy atom. The molecule has 0 spiro atoms. The maximum atomic E-state index is 5.70. The number of nitrogens with zero attached hydrogens (tertiary/aromatic N) is 2. The first-order chi connectivity index (χ1) is 11.3. The van der Waals surface area contributed by atoms with Crippen molar-refractivity contribution in [2.75, 3.05) is 13.7 Å². The number of hydrogen-bond donors (Lipinski definition) is 2. The summed E-state index contributed by atoms with van der Waals surface area (Å²) in [6.45, 7) is 3.56. The Kier molecular flexibility index (Phi) is 7.29. The smallest absolute Gasteiger partial charge is 0.191 e. The van der Waals surface area contributed by atoms with Crippen molar-refractivity contribution in [1.29, 1.82) is 0 Å². The monoisotopic (exact) mass is 458 g/mol. The first-order valence-corrected chi connectivity index (χ1v) is 8.74. The predicted molar refractivity (Wildman–Crippen MR) is 110 cm³/mol. The van der Waals surface area contributed by atoms with Crippen LogP contribution in [0.2, 0.25) is 0 Å². The topological polar surface area (TPSA) is 58.5 Å². The number of nitrogens with one attached hydrogen (secondary N) is 2. The fraction of sp³-hybridized carbons (Fsp3) is 0.412. The van der Waals surface area contributed by atoms with E-state index in [1.807, 2.05) is 24.4 Å². The van der Waals surface area contributed by atoms with Crippen molar-refractivity contribution in [3.05, 3.63) is 45.9 Å². The van der Waals surface area contributed by atoms with E-state index in [1.54, 1.807) is 18.4 Å². The van der Waals surface area contributed by atoms with Crippen LogP contribution in [0.25, 0.3) is 0 Å². The van der Waals surface area contributed by atoms with Gasteiger partial charge in [-0.25, -0.2) is 4.98 Å². The molecule has 2 heterocycles. The molecule has 0 aliphatic carbocycles. The lowest BCUT2D eigenvalue weighted by atomic mass is 10.0. The zero-order valence-electron chi connectivity index (χ0n) is 13.9. The van der Waals surface area contributed by atoms with Crippen LogP contribution in [0.15, 0.2) is 35.5 Å². The third kappa shape index (κ3) is 4.60. The van der Waals surface area contributed by atoms with Crippen molar-refractivity contribution >= 4 is 41.3 Å². The summed E-state index contributed by atoms with van der Waals surface area (Å²) < 4.78 is 5.70. The highest BCUT2D eigenvalue weighted by molar-refractivity contribution is 14.0. The Labute approximate surface area is 164 Å². The SMILES string of the molecule is CCc1cnc(CNC(=NC)NC2CCOc3ccccc32)s1.I. The van der Waals surface area contributed by atoms with Gasteiger partial charge in [-0.2, -0.15) is 0 Å². The van der Waals surface area contributed by atoms with Crippen molar-refractivity contribution in [1.82, 2.24) is 15.6 Å². The van der Waals surface area contributed by atoms with Gasteiger partial charge in [-0.3, -0.25) is 4.99 Å². The number of para-hydroxylation sites is 1. The molecule has 1 aliphatic heterocycles. The molecule has 1 aromatic carbocycles. The second kappa shape index (κ2) is 9.22. The second-order valence-corrected chi connectivity index (χ2v) is 6.57. The van der Waals surface area contributed by atoms with E-state index < -0.39 is 0 Å². The van der Waals surface area contributed by atoms with Crippen LogP contribution in [0.4, 0.5) is 0 Å². The van der Waals surface area contributed by atoms with Gasteiger partial charge in [-0.1, -0.05) is 25.1 Å². The Balaban J connectivity index is 0.00000208. The number of rotatable bonds is 4. The number of benzene rings is 1. The zero-order chi connectivity index (χ0) is 16.1. The molecule has 0 bridgehead atoms. The van der Waals surface area contributed by atoms with E-state index in [0.717, 1.165) is 36.2 Å². The Morgan fingerprint density at radius 3 is 3.00 bits per heavy atom. The minimum Gasteiger partial charge on any atom is -0.493 e. The molecule has 2 N–H and O–H groups in total. The molecule has 0 radical (unpaired) electrons. The molecule has 24 heavy (non-hydrogen) atoms. The average molecular weight is 458 g/mol. The lowest BCUT2D eigenvalue weighted by Gasteiger charge is -2.27. The molecule has 5 nitrogen and oxygen atoms in total. The lowest BCUT2D eigenvalue weighted by molar-refractivity contribution is 0.261. The highest BCUT2D eigenvalue weighted by Crippen LogP contribution is 2.31. The minimum atomic E-state index is 0. The largest absolute Gasteiger partial charge is 0.493 e. The molecule has 0 saturated heterocycles. The molecule has 1 atom stereocenters. The molecule has 0 fully saturated rings. The highest BCUT2D eigenvalue weighted by Gasteiger charge is 2.21. The number of aliphatic imine (C=N–C) groups is 1. The van der Waals surface area contributed by atoms with E-state index in [-0.39, 0.29) is 30.0 Å². The number of aryl methyl sites for hydroxylation is 1. The molecule has 1 aliphatic rings. The maximum absolute atomic E-state index is 5.70. The van der Waals surface area contributed by atoms with Crippen LogP contribution >= 0.6 is 35.3 Å². The van der Waals surface area contributed by atoms with Gasteiger partial charge in [-0.15, -0.1) is 35.3 Å². The summed E-state index contributed by atoms with van der Waals surface area (Å²) >= 11 is 1.74. The third-order valence-corrected chi connectivity index (χ3v) is 4.99. The van der Waals surface area contributed by atoms with Gasteiger partial charge in [0.25, 0.3) is 0 Å². The van der Waals surface area contributed by atoms with E-state index in [2.05, 4.69) is 33.6 Å². The summed E-state index contributed by atoms with van der Waals surface area (Å²) in [6, 6.07) is 8.38. The average Bonchev–Trinajstić information content (AvgIpc) is 3.07. The molecular weight excluding hydrogens is 435 g/mol.